The predicted octanol–water partition coefficient (Wildman–Crippen LogP) is 5.79. The molecule has 3 aromatic rings. The van der Waals surface area contributed by atoms with Gasteiger partial charge in [-0.15, -0.1) is 0 Å². The van der Waals surface area contributed by atoms with Crippen LogP contribution in [-0.4, -0.2) is 146 Å². The molecule has 0 spiro atoms. The minimum Gasteiger partial charge on any atom is -0.461 e. The highest BCUT2D eigenvalue weighted by atomic mass is 16.7. The van der Waals surface area contributed by atoms with Crippen LogP contribution >= 0.6 is 0 Å². The summed E-state index contributed by atoms with van der Waals surface area (Å²) < 4.78 is 40.7. The standard InChI is InChI=1S/C49H72N6O11/c1-12-37-49(9)42(55(47(60)66-49)23-15-14-22-54-28-52-35-19-17-21-51-44(35)54)31(5)39(57)29(3)26-48(8,61-11)43(65-46-40(58)36(53(10)13-2)24-30(4)62-46)32(6)41(33(7)45(59)63-37)64-38(56)25-34-18-16-20-50-27-34/h16-21,27-33,36-37,40-43,46,58H,12-15,22-26H2,1-11H3/t29-,30+,31+,32+,33-,36-,37-,40+,41+,42-,43-,46-,48-,49-/m1/s1. The van der Waals surface area contributed by atoms with E-state index in [1.165, 1.54) is 7.11 Å². The SMILES string of the molecule is CC[C@H]1OC(=O)[C@H](C)[C@@H](OC(=O)Cc2cccnc2)[C@H](C)[C@@H](O[C@H]2O[C@@H](C)C[C@@H](N(C)CC)[C@@H]2O)[C@](C)(OC)C[C@@H](C)C(=O)[C@H](C)[C@H]2N(CCCCn3cnc4cccnc43)C(=O)O[C@]12C. The van der Waals surface area contributed by atoms with E-state index in [-0.39, 0.29) is 43.7 Å². The van der Waals surface area contributed by atoms with Crippen LogP contribution < -0.4 is 0 Å². The molecule has 17 nitrogen and oxygen atoms in total. The van der Waals surface area contributed by atoms with Crippen molar-refractivity contribution in [1.29, 1.82) is 0 Å². The van der Waals surface area contributed by atoms with Gasteiger partial charge in [-0.3, -0.25) is 19.4 Å². The molecule has 6 rings (SSSR count). The van der Waals surface area contributed by atoms with Gasteiger partial charge in [0.1, 0.15) is 29.6 Å². The molecule has 0 radical (unpaired) electrons. The number of hydrogen-bond donors (Lipinski definition) is 1. The lowest BCUT2D eigenvalue weighted by atomic mass is 9.73. The van der Waals surface area contributed by atoms with Crippen LogP contribution in [0.2, 0.25) is 0 Å². The first-order valence-corrected chi connectivity index (χ1v) is 23.7. The van der Waals surface area contributed by atoms with Crippen LogP contribution in [0.15, 0.2) is 49.2 Å². The van der Waals surface area contributed by atoms with Crippen LogP contribution in [0.4, 0.5) is 4.79 Å². The number of aromatic nitrogens is 4. The molecular weight excluding hydrogens is 849 g/mol. The molecule has 0 bridgehead atoms. The maximum atomic E-state index is 15.0. The maximum absolute atomic E-state index is 15.0. The molecule has 3 saturated heterocycles. The molecule has 364 valence electrons. The minimum absolute atomic E-state index is 0.121. The summed E-state index contributed by atoms with van der Waals surface area (Å²) in [7, 11) is 3.46. The van der Waals surface area contributed by atoms with Gasteiger partial charge in [-0.2, -0.15) is 0 Å². The van der Waals surface area contributed by atoms with Gasteiger partial charge < -0.3 is 47.9 Å². The molecule has 17 heteroatoms. The summed E-state index contributed by atoms with van der Waals surface area (Å²) in [5, 5.41) is 11.9. The molecule has 3 aliphatic heterocycles. The number of methoxy groups -OCH3 is 1. The first-order valence-electron chi connectivity index (χ1n) is 23.7. The first-order chi connectivity index (χ1) is 31.4. The summed E-state index contributed by atoms with van der Waals surface area (Å²) in [5.74, 6) is -4.81. The Morgan fingerprint density at radius 2 is 1.73 bits per heavy atom. The Labute approximate surface area is 389 Å². The number of unbranched alkanes of at least 4 members (excludes halogenated alkanes) is 1. The third kappa shape index (κ3) is 10.8. The molecule has 14 atom stereocenters. The van der Waals surface area contributed by atoms with Gasteiger partial charge in [0.15, 0.2) is 17.5 Å². The van der Waals surface area contributed by atoms with Crippen molar-refractivity contribution < 1.29 is 52.7 Å². The molecule has 6 heterocycles. The van der Waals surface area contributed by atoms with Crippen molar-refractivity contribution in [2.75, 3.05) is 27.2 Å². The van der Waals surface area contributed by atoms with Gasteiger partial charge in [-0.25, -0.2) is 14.8 Å². The predicted molar refractivity (Wildman–Crippen MR) is 244 cm³/mol. The van der Waals surface area contributed by atoms with Gasteiger partial charge in [0.05, 0.1) is 42.5 Å². The van der Waals surface area contributed by atoms with E-state index in [1.54, 1.807) is 69.6 Å². The second kappa shape index (κ2) is 21.6. The average molecular weight is 921 g/mol. The number of pyridine rings is 2. The van der Waals surface area contributed by atoms with Crippen LogP contribution in [0, 0.1) is 23.7 Å². The lowest BCUT2D eigenvalue weighted by molar-refractivity contribution is -0.302. The zero-order chi connectivity index (χ0) is 48.1. The smallest absolute Gasteiger partial charge is 0.410 e. The van der Waals surface area contributed by atoms with Gasteiger partial charge in [-0.05, 0) is 97.2 Å². The van der Waals surface area contributed by atoms with Crippen molar-refractivity contribution in [3.63, 3.8) is 0 Å². The zero-order valence-corrected chi connectivity index (χ0v) is 40.6. The van der Waals surface area contributed by atoms with E-state index in [9.17, 15) is 19.5 Å². The molecule has 0 unspecified atom stereocenters. The second-order valence-corrected chi connectivity index (χ2v) is 19.2. The fourth-order valence-corrected chi connectivity index (χ4v) is 10.7. The zero-order valence-electron chi connectivity index (χ0n) is 40.6. The minimum atomic E-state index is -1.44. The second-order valence-electron chi connectivity index (χ2n) is 19.2. The Morgan fingerprint density at radius 1 is 1.00 bits per heavy atom. The molecule has 0 aliphatic carbocycles. The number of fused-ring (bicyclic) bond motifs is 2. The third-order valence-corrected chi connectivity index (χ3v) is 14.5. The molecule has 0 saturated carbocycles. The monoisotopic (exact) mass is 921 g/mol. The maximum Gasteiger partial charge on any atom is 0.410 e. The van der Waals surface area contributed by atoms with Gasteiger partial charge in [0.25, 0.3) is 0 Å². The normalized spacial score (nSPS) is 34.7. The summed E-state index contributed by atoms with van der Waals surface area (Å²) in [4.78, 5) is 74.5. The van der Waals surface area contributed by atoms with Gasteiger partial charge in [-0.1, -0.05) is 40.7 Å². The summed E-state index contributed by atoms with van der Waals surface area (Å²) in [6, 6.07) is 6.11. The number of esters is 2. The third-order valence-electron chi connectivity index (χ3n) is 14.5. The van der Waals surface area contributed by atoms with Crippen LogP contribution in [0.5, 0.6) is 0 Å². The summed E-state index contributed by atoms with van der Waals surface area (Å²) >= 11 is 0. The quantitative estimate of drug-likeness (QED) is 0.116. The van der Waals surface area contributed by atoms with E-state index in [2.05, 4.69) is 15.0 Å². The van der Waals surface area contributed by atoms with E-state index >= 15 is 4.79 Å². The summed E-state index contributed by atoms with van der Waals surface area (Å²) in [6.45, 7) is 18.0. The number of likely N-dealkylation sites (N-methyl/N-ethyl adjacent to an activating group) is 1. The largest absolute Gasteiger partial charge is 0.461 e. The number of cyclic esters (lactones) is 1. The van der Waals surface area contributed by atoms with Gasteiger partial charge >= 0.3 is 18.0 Å². The van der Waals surface area contributed by atoms with E-state index < -0.39 is 89.7 Å². The number of hydrogen-bond acceptors (Lipinski definition) is 15. The Hall–Kier alpha value is -4.55. The Bertz CT molecular complexity index is 2120. The van der Waals surface area contributed by atoms with E-state index in [1.807, 2.05) is 63.3 Å². The number of Topliss-reactive ketones (excluding diaryl/α,β-unsaturated/α-hetero) is 1. The number of carbonyl (C=O) groups excluding carboxylic acids is 4. The average Bonchev–Trinajstić information content (AvgIpc) is 3.83. The highest BCUT2D eigenvalue weighted by Crippen LogP contribution is 2.44. The van der Waals surface area contributed by atoms with Crippen molar-refractivity contribution in [3.8, 4) is 0 Å². The van der Waals surface area contributed by atoms with E-state index in [0.717, 1.165) is 11.2 Å². The Morgan fingerprint density at radius 3 is 2.41 bits per heavy atom. The number of imidazole rings is 1. The van der Waals surface area contributed by atoms with E-state index in [4.69, 9.17) is 28.4 Å². The van der Waals surface area contributed by atoms with Gasteiger partial charge in [0, 0.05) is 62.6 Å². The fraction of sp³-hybridized carbons (Fsp3) is 0.694. The molecule has 3 aliphatic rings. The van der Waals surface area contributed by atoms with Crippen LogP contribution in [0.1, 0.15) is 100.0 Å². The van der Waals surface area contributed by atoms with E-state index in [0.29, 0.717) is 37.9 Å². The number of ketones is 1. The number of nitrogens with zero attached hydrogens (tertiary/aromatic N) is 6. The van der Waals surface area contributed by atoms with Crippen molar-refractivity contribution in [2.45, 2.75) is 167 Å². The number of rotatable bonds is 14. The van der Waals surface area contributed by atoms with Crippen LogP contribution in [0.25, 0.3) is 11.2 Å². The highest BCUT2D eigenvalue weighted by Gasteiger charge is 2.60. The number of amides is 1. The Balaban J connectivity index is 1.37. The fourth-order valence-electron chi connectivity index (χ4n) is 10.7. The van der Waals surface area contributed by atoms with Crippen molar-refractivity contribution in [1.82, 2.24) is 29.3 Å². The van der Waals surface area contributed by atoms with Gasteiger partial charge in [0.2, 0.25) is 0 Å². The summed E-state index contributed by atoms with van der Waals surface area (Å²) in [6.07, 6.45) is 2.43. The highest BCUT2D eigenvalue weighted by molar-refractivity contribution is 5.85. The Kier molecular flexibility index (Phi) is 16.6. The first kappa shape index (κ1) is 50.9. The van der Waals surface area contributed by atoms with Crippen LogP contribution in [0.3, 0.4) is 0 Å². The number of ether oxygens (including phenoxy) is 6. The summed E-state index contributed by atoms with van der Waals surface area (Å²) in [5.41, 5.74) is -0.554. The number of aliphatic hydroxyl groups is 1. The molecule has 3 fully saturated rings. The number of carbonyl (C=O) groups is 4. The molecule has 3 aromatic heterocycles. The topological polar surface area (TPSA) is 194 Å². The molecule has 1 amide bonds. The number of aliphatic hydroxyl groups excluding tert-OH is 1. The number of aryl methyl sites for hydroxylation is 1. The van der Waals surface area contributed by atoms with Crippen LogP contribution in [-0.2, 0) is 55.8 Å². The molecule has 1 N–H and O–H groups in total. The van der Waals surface area contributed by atoms with Crippen molar-refractivity contribution >= 4 is 35.0 Å². The molecule has 0 aromatic carbocycles. The van der Waals surface area contributed by atoms with Crippen molar-refractivity contribution in [2.24, 2.45) is 23.7 Å². The lowest BCUT2D eigenvalue weighted by Gasteiger charge is -2.48. The molecule has 66 heavy (non-hydrogen) atoms. The van der Waals surface area contributed by atoms with Crippen molar-refractivity contribution in [3.05, 3.63) is 54.7 Å². The lowest BCUT2D eigenvalue weighted by Crippen LogP contribution is -2.61. The molecular formula is C49H72N6O11.